The normalized spacial score (nSPS) is 20.5. The van der Waals surface area contributed by atoms with Crippen molar-refractivity contribution in [1.29, 1.82) is 0 Å². The lowest BCUT2D eigenvalue weighted by Gasteiger charge is -2.29. The van der Waals surface area contributed by atoms with Gasteiger partial charge < -0.3 is 5.32 Å². The van der Waals surface area contributed by atoms with Gasteiger partial charge in [-0.1, -0.05) is 30.3 Å². The number of fused-ring (bicyclic) bond motifs is 1. The molecule has 0 bridgehead atoms. The van der Waals surface area contributed by atoms with Gasteiger partial charge in [-0.15, -0.1) is 0 Å². The molecule has 2 amide bonds. The van der Waals surface area contributed by atoms with Gasteiger partial charge in [0, 0.05) is 0 Å². The molecule has 0 aliphatic carbocycles. The smallest absolute Gasteiger partial charge is 0.324 e. The molecule has 4 rings (SSSR count). The number of anilines is 1. The number of hydrazone groups is 1. The average Bonchev–Trinajstić information content (AvgIpc) is 3.17. The minimum atomic E-state index is -4.61. The summed E-state index contributed by atoms with van der Waals surface area (Å²) in [5.41, 5.74) is 5.27. The van der Waals surface area contributed by atoms with Crippen molar-refractivity contribution in [2.24, 2.45) is 5.10 Å². The third-order valence-electron chi connectivity index (χ3n) is 5.69. The summed E-state index contributed by atoms with van der Waals surface area (Å²) in [5.74, 6) is -1.16. The molecule has 2 heterocycles. The van der Waals surface area contributed by atoms with Crippen LogP contribution in [0.4, 0.5) is 18.9 Å². The van der Waals surface area contributed by atoms with Crippen molar-refractivity contribution in [3.8, 4) is 0 Å². The molecule has 168 valence electrons. The van der Waals surface area contributed by atoms with Crippen LogP contribution in [0.2, 0.25) is 0 Å². The third kappa shape index (κ3) is 4.31. The van der Waals surface area contributed by atoms with Gasteiger partial charge in [0.05, 0.1) is 17.3 Å². The van der Waals surface area contributed by atoms with Gasteiger partial charge in [-0.05, 0) is 49.1 Å². The summed E-state index contributed by atoms with van der Waals surface area (Å²) >= 11 is 0. The van der Waals surface area contributed by atoms with Gasteiger partial charge in [0.2, 0.25) is 5.91 Å². The van der Waals surface area contributed by atoms with Crippen LogP contribution >= 0.6 is 0 Å². The van der Waals surface area contributed by atoms with Gasteiger partial charge in [-0.3, -0.25) is 14.6 Å². The highest BCUT2D eigenvalue weighted by Gasteiger charge is 2.41. The van der Waals surface area contributed by atoms with Crippen LogP contribution in [0, 0.1) is 13.8 Å². The first-order valence-corrected chi connectivity index (χ1v) is 10.1. The number of rotatable bonds is 4. The van der Waals surface area contributed by atoms with Crippen LogP contribution in [0.15, 0.2) is 47.6 Å². The monoisotopic (exact) mass is 445 g/mol. The zero-order chi connectivity index (χ0) is 23.0. The number of hydrogen-bond donors (Lipinski definition) is 2. The van der Waals surface area contributed by atoms with Crippen molar-refractivity contribution in [2.45, 2.75) is 38.5 Å². The van der Waals surface area contributed by atoms with Crippen LogP contribution in [-0.2, 0) is 15.8 Å². The van der Waals surface area contributed by atoms with Gasteiger partial charge in [0.1, 0.15) is 18.9 Å². The van der Waals surface area contributed by atoms with E-state index < -0.39 is 36.1 Å². The summed E-state index contributed by atoms with van der Waals surface area (Å²) < 4.78 is 39.4. The fourth-order valence-electron chi connectivity index (χ4n) is 3.82. The van der Waals surface area contributed by atoms with Crippen molar-refractivity contribution in [1.82, 2.24) is 15.4 Å². The Morgan fingerprint density at radius 1 is 1.19 bits per heavy atom. The fraction of sp³-hybridized carbons (Fsp3) is 0.318. The van der Waals surface area contributed by atoms with E-state index in [9.17, 15) is 22.8 Å². The number of benzene rings is 2. The highest BCUT2D eigenvalue weighted by Crippen LogP contribution is 2.35. The van der Waals surface area contributed by atoms with Gasteiger partial charge in [0.25, 0.3) is 5.91 Å². The summed E-state index contributed by atoms with van der Waals surface area (Å²) in [4.78, 5) is 25.3. The van der Waals surface area contributed by atoms with E-state index in [-0.39, 0.29) is 11.7 Å². The largest absolute Gasteiger partial charge is 0.418 e. The Balaban J connectivity index is 1.42. The predicted octanol–water partition coefficient (Wildman–Crippen LogP) is 3.37. The first kappa shape index (κ1) is 21.8. The van der Waals surface area contributed by atoms with Crippen molar-refractivity contribution in [3.05, 3.63) is 64.7 Å². The summed E-state index contributed by atoms with van der Waals surface area (Å²) in [5, 5.41) is 8.83. The zero-order valence-electron chi connectivity index (χ0n) is 17.5. The van der Waals surface area contributed by atoms with E-state index in [1.165, 1.54) is 30.1 Å². The quantitative estimate of drug-likeness (QED) is 0.757. The molecule has 0 saturated carbocycles. The lowest BCUT2D eigenvalue weighted by atomic mass is 9.98. The molecule has 2 aromatic carbocycles. The standard InChI is InChI=1S/C22H22F3N5O2/c1-13-7-8-15(9-14(13)2)18-10-19-21(32)29(26-12-30(19)28-18)11-20(31)27-17-6-4-3-5-16(17)22(23,24)25/h3-9,12,18-19,28H,10-11H2,1-2H3,(H,27,31). The summed E-state index contributed by atoms with van der Waals surface area (Å²) in [6.45, 7) is 3.56. The maximum atomic E-state index is 13.1. The van der Waals surface area contributed by atoms with Crippen LogP contribution in [0.1, 0.15) is 34.7 Å². The number of nitrogens with one attached hydrogen (secondary N) is 2. The van der Waals surface area contributed by atoms with Crippen molar-refractivity contribution in [3.63, 3.8) is 0 Å². The number of amides is 2. The average molecular weight is 445 g/mol. The second-order valence-electron chi connectivity index (χ2n) is 7.90. The Kier molecular flexibility index (Phi) is 5.64. The van der Waals surface area contributed by atoms with Crippen molar-refractivity contribution >= 4 is 23.8 Å². The van der Waals surface area contributed by atoms with E-state index in [2.05, 4.69) is 21.9 Å². The molecule has 2 atom stereocenters. The highest BCUT2D eigenvalue weighted by molar-refractivity contribution is 5.97. The molecule has 2 unspecified atom stereocenters. The highest BCUT2D eigenvalue weighted by atomic mass is 19.4. The molecule has 0 radical (unpaired) electrons. The SMILES string of the molecule is Cc1ccc(C2CC3C(=O)N(CC(=O)Nc4ccccc4C(F)(F)F)N=CN3N2)cc1C. The van der Waals surface area contributed by atoms with E-state index in [4.69, 9.17) is 0 Å². The van der Waals surface area contributed by atoms with Gasteiger partial charge in [-0.2, -0.15) is 18.3 Å². The topological polar surface area (TPSA) is 77.0 Å². The number of alkyl halides is 3. The first-order chi connectivity index (χ1) is 15.1. The van der Waals surface area contributed by atoms with Crippen molar-refractivity contribution < 1.29 is 22.8 Å². The number of carbonyl (C=O) groups excluding carboxylic acids is 2. The van der Waals surface area contributed by atoms with E-state index in [0.717, 1.165) is 22.2 Å². The Morgan fingerprint density at radius 3 is 2.66 bits per heavy atom. The minimum Gasteiger partial charge on any atom is -0.324 e. The van der Waals surface area contributed by atoms with Gasteiger partial charge in [0.15, 0.2) is 0 Å². The molecule has 2 aliphatic rings. The zero-order valence-corrected chi connectivity index (χ0v) is 17.5. The molecule has 32 heavy (non-hydrogen) atoms. The number of nitrogens with zero attached hydrogens (tertiary/aromatic N) is 3. The maximum Gasteiger partial charge on any atom is 0.418 e. The van der Waals surface area contributed by atoms with Crippen LogP contribution < -0.4 is 10.7 Å². The molecule has 10 heteroatoms. The molecule has 2 aromatic rings. The summed E-state index contributed by atoms with van der Waals surface area (Å²) in [6, 6.07) is 10.1. The lowest BCUT2D eigenvalue weighted by Crippen LogP contribution is -2.52. The lowest BCUT2D eigenvalue weighted by molar-refractivity contribution is -0.139. The van der Waals surface area contributed by atoms with Crippen LogP contribution in [0.3, 0.4) is 0 Å². The molecular formula is C22H22F3N5O2. The van der Waals surface area contributed by atoms with Gasteiger partial charge in [-0.25, -0.2) is 10.4 Å². The predicted molar refractivity (Wildman–Crippen MR) is 112 cm³/mol. The molecule has 2 N–H and O–H groups in total. The second kappa shape index (κ2) is 8.27. The van der Waals surface area contributed by atoms with Crippen LogP contribution in [-0.4, -0.2) is 40.8 Å². The Labute approximate surface area is 182 Å². The molecule has 1 fully saturated rings. The fourth-order valence-corrected chi connectivity index (χ4v) is 3.82. The number of aryl methyl sites for hydroxylation is 2. The Bertz CT molecular complexity index is 1090. The Hall–Kier alpha value is -3.40. The summed E-state index contributed by atoms with van der Waals surface area (Å²) in [6.07, 6.45) is -2.71. The molecule has 1 saturated heterocycles. The molecule has 2 aliphatic heterocycles. The number of hydrogen-bond acceptors (Lipinski definition) is 5. The number of para-hydroxylation sites is 1. The number of carbonyl (C=O) groups is 2. The maximum absolute atomic E-state index is 13.1. The Morgan fingerprint density at radius 2 is 1.94 bits per heavy atom. The molecular weight excluding hydrogens is 423 g/mol. The molecule has 0 aromatic heterocycles. The van der Waals surface area contributed by atoms with Gasteiger partial charge >= 0.3 is 6.18 Å². The summed E-state index contributed by atoms with van der Waals surface area (Å²) in [7, 11) is 0. The number of halogens is 3. The minimum absolute atomic E-state index is 0.0952. The first-order valence-electron chi connectivity index (χ1n) is 10.1. The second-order valence-corrected chi connectivity index (χ2v) is 7.90. The van der Waals surface area contributed by atoms with E-state index in [0.29, 0.717) is 6.42 Å². The van der Waals surface area contributed by atoms with Crippen LogP contribution in [0.5, 0.6) is 0 Å². The van der Waals surface area contributed by atoms with E-state index in [1.54, 1.807) is 5.01 Å². The molecule has 7 nitrogen and oxygen atoms in total. The number of hydrazine groups is 1. The van der Waals surface area contributed by atoms with E-state index >= 15 is 0 Å². The third-order valence-corrected chi connectivity index (χ3v) is 5.69. The molecule has 0 spiro atoms. The van der Waals surface area contributed by atoms with Crippen LogP contribution in [0.25, 0.3) is 0 Å². The van der Waals surface area contributed by atoms with Crippen molar-refractivity contribution in [2.75, 3.05) is 11.9 Å². The van der Waals surface area contributed by atoms with E-state index in [1.807, 2.05) is 26.0 Å².